The lowest BCUT2D eigenvalue weighted by molar-refractivity contribution is 0.411. The molecule has 1 aromatic carbocycles. The minimum absolute atomic E-state index is 0.335. The Morgan fingerprint density at radius 3 is 2.45 bits per heavy atom. The second kappa shape index (κ2) is 8.30. The SMILES string of the molecule is CCC(CC)(CNC(C)c1ccc(OC)c(Br)c1)SC. The average Bonchev–Trinajstić information content (AvgIpc) is 2.49. The molecule has 2 nitrogen and oxygen atoms in total. The number of benzene rings is 1. The van der Waals surface area contributed by atoms with Gasteiger partial charge in [-0.05, 0) is 59.6 Å². The zero-order chi connectivity index (χ0) is 15.2. The van der Waals surface area contributed by atoms with Crippen molar-refractivity contribution in [2.75, 3.05) is 19.9 Å². The fourth-order valence-electron chi connectivity index (χ4n) is 2.27. The highest BCUT2D eigenvalue weighted by molar-refractivity contribution is 9.10. The lowest BCUT2D eigenvalue weighted by Gasteiger charge is -2.31. The summed E-state index contributed by atoms with van der Waals surface area (Å²) in [4.78, 5) is 0. The van der Waals surface area contributed by atoms with Gasteiger partial charge in [0.15, 0.2) is 0 Å². The van der Waals surface area contributed by atoms with Crippen LogP contribution in [0.1, 0.15) is 45.2 Å². The average molecular weight is 360 g/mol. The van der Waals surface area contributed by atoms with Crippen LogP contribution in [0, 0.1) is 0 Å². The summed E-state index contributed by atoms with van der Waals surface area (Å²) in [6.07, 6.45) is 4.59. The number of hydrogen-bond acceptors (Lipinski definition) is 3. The van der Waals surface area contributed by atoms with E-state index in [-0.39, 0.29) is 0 Å². The van der Waals surface area contributed by atoms with Crippen molar-refractivity contribution in [1.29, 1.82) is 0 Å². The van der Waals surface area contributed by atoms with Crippen molar-refractivity contribution in [2.24, 2.45) is 0 Å². The highest BCUT2D eigenvalue weighted by Crippen LogP contribution is 2.31. The normalized spacial score (nSPS) is 13.3. The topological polar surface area (TPSA) is 21.3 Å². The highest BCUT2D eigenvalue weighted by atomic mass is 79.9. The fraction of sp³-hybridized carbons (Fsp3) is 0.625. The minimum atomic E-state index is 0.335. The molecule has 20 heavy (non-hydrogen) atoms. The molecular formula is C16H26BrNOS. The van der Waals surface area contributed by atoms with Gasteiger partial charge in [-0.2, -0.15) is 11.8 Å². The second-order valence-corrected chi connectivity index (χ2v) is 7.22. The van der Waals surface area contributed by atoms with E-state index in [0.29, 0.717) is 10.8 Å². The van der Waals surface area contributed by atoms with Crippen LogP contribution < -0.4 is 10.1 Å². The molecule has 1 unspecified atom stereocenters. The second-order valence-electron chi connectivity index (χ2n) is 5.09. The lowest BCUT2D eigenvalue weighted by Crippen LogP contribution is -2.37. The van der Waals surface area contributed by atoms with Crippen molar-refractivity contribution in [3.8, 4) is 5.75 Å². The van der Waals surface area contributed by atoms with Crippen LogP contribution in [-0.2, 0) is 0 Å². The van der Waals surface area contributed by atoms with Gasteiger partial charge in [-0.3, -0.25) is 0 Å². The first-order chi connectivity index (χ1) is 9.51. The number of thioether (sulfide) groups is 1. The van der Waals surface area contributed by atoms with Crippen LogP contribution in [0.5, 0.6) is 5.75 Å². The predicted molar refractivity (Wildman–Crippen MR) is 93.9 cm³/mol. The van der Waals surface area contributed by atoms with E-state index in [0.717, 1.165) is 16.8 Å². The molecule has 0 aromatic heterocycles. The number of nitrogens with one attached hydrogen (secondary N) is 1. The Bertz CT molecular complexity index is 413. The smallest absolute Gasteiger partial charge is 0.133 e. The summed E-state index contributed by atoms with van der Waals surface area (Å²) in [5.41, 5.74) is 1.28. The van der Waals surface area contributed by atoms with Crippen molar-refractivity contribution in [3.05, 3.63) is 28.2 Å². The number of halogens is 1. The molecule has 0 spiro atoms. The van der Waals surface area contributed by atoms with E-state index in [1.165, 1.54) is 18.4 Å². The predicted octanol–water partition coefficient (Wildman–Crippen LogP) is 5.03. The van der Waals surface area contributed by atoms with Crippen LogP contribution >= 0.6 is 27.7 Å². The van der Waals surface area contributed by atoms with E-state index in [1.54, 1.807) is 7.11 Å². The van der Waals surface area contributed by atoms with E-state index in [4.69, 9.17) is 4.74 Å². The Morgan fingerprint density at radius 2 is 2.00 bits per heavy atom. The highest BCUT2D eigenvalue weighted by Gasteiger charge is 2.25. The van der Waals surface area contributed by atoms with Crippen molar-refractivity contribution in [3.63, 3.8) is 0 Å². The molecule has 1 rings (SSSR count). The third kappa shape index (κ3) is 4.40. The molecule has 0 amide bonds. The molecule has 0 aliphatic carbocycles. The van der Waals surface area contributed by atoms with Gasteiger partial charge in [0.2, 0.25) is 0 Å². The fourth-order valence-corrected chi connectivity index (χ4v) is 3.63. The molecule has 0 fully saturated rings. The largest absolute Gasteiger partial charge is 0.496 e. The van der Waals surface area contributed by atoms with Crippen molar-refractivity contribution < 1.29 is 4.74 Å². The summed E-state index contributed by atoms with van der Waals surface area (Å²) in [7, 11) is 1.69. The lowest BCUT2D eigenvalue weighted by atomic mass is 10.0. The molecule has 0 bridgehead atoms. The first-order valence-electron chi connectivity index (χ1n) is 7.13. The van der Waals surface area contributed by atoms with Crippen LogP contribution in [0.15, 0.2) is 22.7 Å². The van der Waals surface area contributed by atoms with Crippen LogP contribution in [0.25, 0.3) is 0 Å². The van der Waals surface area contributed by atoms with Crippen LogP contribution in [0.3, 0.4) is 0 Å². The summed E-state index contributed by atoms with van der Waals surface area (Å²) in [5.74, 6) is 0.876. The molecule has 0 saturated heterocycles. The number of rotatable bonds is 8. The summed E-state index contributed by atoms with van der Waals surface area (Å²) >= 11 is 5.52. The van der Waals surface area contributed by atoms with Gasteiger partial charge < -0.3 is 10.1 Å². The maximum atomic E-state index is 5.28. The van der Waals surface area contributed by atoms with Crippen LogP contribution in [0.2, 0.25) is 0 Å². The Labute approximate surface area is 136 Å². The Hall–Kier alpha value is -0.190. The first-order valence-corrected chi connectivity index (χ1v) is 9.15. The summed E-state index contributed by atoms with van der Waals surface area (Å²) in [6, 6.07) is 6.61. The molecule has 114 valence electrons. The van der Waals surface area contributed by atoms with Gasteiger partial charge in [0.05, 0.1) is 11.6 Å². The van der Waals surface area contributed by atoms with Crippen molar-refractivity contribution >= 4 is 27.7 Å². The number of ether oxygens (including phenoxy) is 1. The van der Waals surface area contributed by atoms with Crippen molar-refractivity contribution in [2.45, 2.75) is 44.4 Å². The maximum Gasteiger partial charge on any atom is 0.133 e. The van der Waals surface area contributed by atoms with Gasteiger partial charge in [-0.15, -0.1) is 0 Å². The van der Waals surface area contributed by atoms with Gasteiger partial charge in [-0.1, -0.05) is 19.9 Å². The van der Waals surface area contributed by atoms with E-state index >= 15 is 0 Å². The minimum Gasteiger partial charge on any atom is -0.496 e. The zero-order valence-electron chi connectivity index (χ0n) is 13.1. The van der Waals surface area contributed by atoms with E-state index in [9.17, 15) is 0 Å². The molecule has 0 heterocycles. The molecule has 0 aliphatic heterocycles. The molecule has 1 atom stereocenters. The van der Waals surface area contributed by atoms with Gasteiger partial charge in [0, 0.05) is 17.3 Å². The summed E-state index contributed by atoms with van der Waals surface area (Å²) < 4.78 is 6.63. The molecule has 0 saturated carbocycles. The third-order valence-electron chi connectivity index (χ3n) is 4.13. The zero-order valence-corrected chi connectivity index (χ0v) is 15.5. The van der Waals surface area contributed by atoms with E-state index < -0.39 is 0 Å². The quantitative estimate of drug-likeness (QED) is 0.703. The van der Waals surface area contributed by atoms with E-state index in [1.807, 2.05) is 17.8 Å². The number of hydrogen-bond donors (Lipinski definition) is 1. The van der Waals surface area contributed by atoms with Gasteiger partial charge in [0.25, 0.3) is 0 Å². The monoisotopic (exact) mass is 359 g/mol. The van der Waals surface area contributed by atoms with E-state index in [2.05, 4.69) is 60.4 Å². The molecule has 4 heteroatoms. The van der Waals surface area contributed by atoms with Crippen molar-refractivity contribution in [1.82, 2.24) is 5.32 Å². The molecular weight excluding hydrogens is 334 g/mol. The van der Waals surface area contributed by atoms with Gasteiger partial charge >= 0.3 is 0 Å². The standard InChI is InChI=1S/C16H26BrNOS/c1-6-16(7-2,20-5)11-18-12(3)13-8-9-15(19-4)14(17)10-13/h8-10,12,18H,6-7,11H2,1-5H3. The Balaban J connectivity index is 2.71. The Morgan fingerprint density at radius 1 is 1.35 bits per heavy atom. The first kappa shape index (κ1) is 17.9. The molecule has 1 aromatic rings. The third-order valence-corrected chi connectivity index (χ3v) is 6.34. The maximum absolute atomic E-state index is 5.28. The summed E-state index contributed by atoms with van der Waals surface area (Å²) in [5, 5.41) is 3.67. The van der Waals surface area contributed by atoms with Crippen LogP contribution in [-0.4, -0.2) is 24.7 Å². The van der Waals surface area contributed by atoms with Gasteiger partial charge in [-0.25, -0.2) is 0 Å². The molecule has 0 radical (unpaired) electrons. The molecule has 1 N–H and O–H groups in total. The Kier molecular flexibility index (Phi) is 7.41. The van der Waals surface area contributed by atoms with Gasteiger partial charge in [0.1, 0.15) is 5.75 Å². The molecule has 0 aliphatic rings. The summed E-state index contributed by atoms with van der Waals surface area (Å²) in [6.45, 7) is 7.79. The van der Waals surface area contributed by atoms with Crippen LogP contribution in [0.4, 0.5) is 0 Å². The number of methoxy groups -OCH3 is 1.